The molecule has 3 aliphatic rings. The van der Waals surface area contributed by atoms with E-state index in [2.05, 4.69) is 27.4 Å². The number of aromatic nitrogens is 2. The SMILES string of the molecule is CN1C2CCC1CC(c1noc(CCNC3CC3)n1)C2. The van der Waals surface area contributed by atoms with Crippen LogP contribution < -0.4 is 5.32 Å². The van der Waals surface area contributed by atoms with Crippen molar-refractivity contribution in [2.75, 3.05) is 13.6 Å². The van der Waals surface area contributed by atoms with Crippen LogP contribution in [0.5, 0.6) is 0 Å². The predicted molar refractivity (Wildman–Crippen MR) is 75.6 cm³/mol. The Morgan fingerprint density at radius 1 is 1.20 bits per heavy atom. The lowest BCUT2D eigenvalue weighted by atomic mass is 9.90. The molecule has 0 radical (unpaired) electrons. The molecule has 2 saturated heterocycles. The van der Waals surface area contributed by atoms with Gasteiger partial charge < -0.3 is 14.7 Å². The molecule has 2 bridgehead atoms. The molecule has 2 unspecified atom stereocenters. The first-order chi connectivity index (χ1) is 9.79. The number of fused-ring (bicyclic) bond motifs is 2. The quantitative estimate of drug-likeness (QED) is 0.887. The van der Waals surface area contributed by atoms with Gasteiger partial charge in [-0.05, 0) is 45.6 Å². The van der Waals surface area contributed by atoms with Crippen molar-refractivity contribution in [3.63, 3.8) is 0 Å². The summed E-state index contributed by atoms with van der Waals surface area (Å²) in [6, 6.07) is 2.22. The molecule has 0 aromatic carbocycles. The van der Waals surface area contributed by atoms with E-state index in [0.29, 0.717) is 5.92 Å². The fourth-order valence-electron chi connectivity index (χ4n) is 3.83. The fraction of sp³-hybridized carbons (Fsp3) is 0.867. The van der Waals surface area contributed by atoms with Crippen molar-refractivity contribution in [1.82, 2.24) is 20.4 Å². The summed E-state index contributed by atoms with van der Waals surface area (Å²) in [7, 11) is 2.27. The van der Waals surface area contributed by atoms with Gasteiger partial charge in [-0.1, -0.05) is 5.16 Å². The Morgan fingerprint density at radius 2 is 1.95 bits per heavy atom. The lowest BCUT2D eigenvalue weighted by molar-refractivity contribution is 0.157. The first kappa shape index (κ1) is 12.8. The standard InChI is InChI=1S/C15H24N4O/c1-19-12-4-5-13(19)9-10(8-12)15-17-14(20-18-15)6-7-16-11-2-3-11/h10-13,16H,2-9H2,1H3. The van der Waals surface area contributed by atoms with E-state index < -0.39 is 0 Å². The molecular weight excluding hydrogens is 252 g/mol. The van der Waals surface area contributed by atoms with Gasteiger partial charge in [0.15, 0.2) is 5.82 Å². The highest BCUT2D eigenvalue weighted by Gasteiger charge is 2.40. The molecule has 4 rings (SSSR count). The maximum Gasteiger partial charge on any atom is 0.227 e. The molecule has 20 heavy (non-hydrogen) atoms. The highest BCUT2D eigenvalue weighted by Crippen LogP contribution is 2.41. The molecule has 3 fully saturated rings. The average Bonchev–Trinajstić information content (AvgIpc) is 3.12. The molecule has 1 aromatic rings. The first-order valence-electron chi connectivity index (χ1n) is 8.07. The summed E-state index contributed by atoms with van der Waals surface area (Å²) in [6.07, 6.45) is 8.60. The van der Waals surface area contributed by atoms with Crippen LogP contribution in [0.2, 0.25) is 0 Å². The third-order valence-electron chi connectivity index (χ3n) is 5.30. The number of nitrogens with one attached hydrogen (secondary N) is 1. The van der Waals surface area contributed by atoms with Gasteiger partial charge in [0.1, 0.15) is 0 Å². The highest BCUT2D eigenvalue weighted by atomic mass is 16.5. The third kappa shape index (κ3) is 2.49. The van der Waals surface area contributed by atoms with E-state index in [1.807, 2.05) is 0 Å². The summed E-state index contributed by atoms with van der Waals surface area (Å²) < 4.78 is 5.42. The summed E-state index contributed by atoms with van der Waals surface area (Å²) in [6.45, 7) is 0.963. The van der Waals surface area contributed by atoms with Crippen LogP contribution in [-0.4, -0.2) is 46.8 Å². The van der Waals surface area contributed by atoms with Crippen LogP contribution in [-0.2, 0) is 6.42 Å². The number of hydrogen-bond acceptors (Lipinski definition) is 5. The molecular formula is C15H24N4O. The first-order valence-corrected chi connectivity index (χ1v) is 8.07. The number of rotatable bonds is 5. The van der Waals surface area contributed by atoms with Gasteiger partial charge in [0.2, 0.25) is 5.89 Å². The summed E-state index contributed by atoms with van der Waals surface area (Å²) in [5.74, 6) is 2.27. The molecule has 0 spiro atoms. The van der Waals surface area contributed by atoms with Crippen LogP contribution in [0.4, 0.5) is 0 Å². The fourth-order valence-corrected chi connectivity index (χ4v) is 3.83. The minimum atomic E-state index is 0.512. The van der Waals surface area contributed by atoms with E-state index in [4.69, 9.17) is 4.52 Å². The van der Waals surface area contributed by atoms with Crippen molar-refractivity contribution in [2.24, 2.45) is 0 Å². The maximum absolute atomic E-state index is 5.42. The molecule has 110 valence electrons. The average molecular weight is 276 g/mol. The maximum atomic E-state index is 5.42. The molecule has 5 nitrogen and oxygen atoms in total. The molecule has 5 heteroatoms. The number of piperidine rings is 1. The molecule has 3 heterocycles. The second-order valence-electron chi connectivity index (χ2n) is 6.74. The van der Waals surface area contributed by atoms with Crippen LogP contribution >= 0.6 is 0 Å². The van der Waals surface area contributed by atoms with E-state index in [1.54, 1.807) is 0 Å². The van der Waals surface area contributed by atoms with Crippen LogP contribution in [0, 0.1) is 0 Å². The minimum Gasteiger partial charge on any atom is -0.339 e. The third-order valence-corrected chi connectivity index (χ3v) is 5.30. The second-order valence-corrected chi connectivity index (χ2v) is 6.74. The monoisotopic (exact) mass is 276 g/mol. The van der Waals surface area contributed by atoms with Crippen LogP contribution in [0.15, 0.2) is 4.52 Å². The van der Waals surface area contributed by atoms with Crippen LogP contribution in [0.3, 0.4) is 0 Å². The zero-order chi connectivity index (χ0) is 13.5. The zero-order valence-corrected chi connectivity index (χ0v) is 12.2. The Labute approximate surface area is 120 Å². The van der Waals surface area contributed by atoms with Crippen molar-refractivity contribution in [2.45, 2.75) is 69.0 Å². The van der Waals surface area contributed by atoms with Crippen molar-refractivity contribution in [3.05, 3.63) is 11.7 Å². The Hall–Kier alpha value is -0.940. The summed E-state index contributed by atoms with van der Waals surface area (Å²) in [4.78, 5) is 7.19. The summed E-state index contributed by atoms with van der Waals surface area (Å²) >= 11 is 0. The molecule has 2 atom stereocenters. The molecule has 2 aliphatic heterocycles. The van der Waals surface area contributed by atoms with Crippen molar-refractivity contribution in [1.29, 1.82) is 0 Å². The van der Waals surface area contributed by atoms with Gasteiger partial charge in [0.25, 0.3) is 0 Å². The Morgan fingerprint density at radius 3 is 2.65 bits per heavy atom. The van der Waals surface area contributed by atoms with Gasteiger partial charge in [-0.3, -0.25) is 0 Å². The van der Waals surface area contributed by atoms with Gasteiger partial charge >= 0.3 is 0 Å². The summed E-state index contributed by atoms with van der Waals surface area (Å²) in [5.41, 5.74) is 0. The molecule has 1 N–H and O–H groups in total. The van der Waals surface area contributed by atoms with Gasteiger partial charge in [-0.25, -0.2) is 0 Å². The topological polar surface area (TPSA) is 54.2 Å². The smallest absolute Gasteiger partial charge is 0.227 e. The summed E-state index contributed by atoms with van der Waals surface area (Å²) in [5, 5.41) is 7.73. The lowest BCUT2D eigenvalue weighted by Crippen LogP contribution is -2.39. The molecule has 1 aliphatic carbocycles. The second kappa shape index (κ2) is 5.11. The van der Waals surface area contributed by atoms with Gasteiger partial charge in [-0.15, -0.1) is 0 Å². The Bertz CT molecular complexity index is 456. The van der Waals surface area contributed by atoms with Crippen molar-refractivity contribution in [3.8, 4) is 0 Å². The largest absolute Gasteiger partial charge is 0.339 e. The van der Waals surface area contributed by atoms with Gasteiger partial charge in [-0.2, -0.15) is 4.98 Å². The lowest BCUT2D eigenvalue weighted by Gasteiger charge is -2.34. The van der Waals surface area contributed by atoms with E-state index in [1.165, 1.54) is 38.5 Å². The van der Waals surface area contributed by atoms with E-state index in [0.717, 1.165) is 42.8 Å². The number of hydrogen-bond donors (Lipinski definition) is 1. The Kier molecular flexibility index (Phi) is 3.27. The van der Waals surface area contributed by atoms with E-state index >= 15 is 0 Å². The Balaban J connectivity index is 1.35. The normalized spacial score (nSPS) is 33.8. The predicted octanol–water partition coefficient (Wildman–Crippen LogP) is 1.70. The highest BCUT2D eigenvalue weighted by molar-refractivity contribution is 5.05. The van der Waals surface area contributed by atoms with E-state index in [9.17, 15) is 0 Å². The van der Waals surface area contributed by atoms with Gasteiger partial charge in [0.05, 0.1) is 0 Å². The molecule has 1 aromatic heterocycles. The molecule has 1 saturated carbocycles. The van der Waals surface area contributed by atoms with Crippen LogP contribution in [0.25, 0.3) is 0 Å². The van der Waals surface area contributed by atoms with Crippen molar-refractivity contribution < 1.29 is 4.52 Å². The zero-order valence-electron chi connectivity index (χ0n) is 12.2. The minimum absolute atomic E-state index is 0.512. The van der Waals surface area contributed by atoms with Crippen LogP contribution in [0.1, 0.15) is 56.2 Å². The molecule has 0 amide bonds. The van der Waals surface area contributed by atoms with Gasteiger partial charge in [0, 0.05) is 37.0 Å². The van der Waals surface area contributed by atoms with E-state index in [-0.39, 0.29) is 0 Å². The van der Waals surface area contributed by atoms with Crippen molar-refractivity contribution >= 4 is 0 Å². The number of nitrogens with zero attached hydrogens (tertiary/aromatic N) is 3.